The molecule has 1 aromatic rings. The maximum atomic E-state index is 11.7. The van der Waals surface area contributed by atoms with Gasteiger partial charge in [-0.3, -0.25) is 9.78 Å². The second-order valence-electron chi connectivity index (χ2n) is 6.06. The molecule has 0 amide bonds. The minimum atomic E-state index is -0.188. The van der Waals surface area contributed by atoms with Crippen LogP contribution in [0.25, 0.3) is 0 Å². The lowest BCUT2D eigenvalue weighted by Gasteiger charge is -2.27. The monoisotopic (exact) mass is 290 g/mol. The third kappa shape index (κ3) is 4.45. The van der Waals surface area contributed by atoms with E-state index in [1.54, 1.807) is 0 Å². The van der Waals surface area contributed by atoms with Gasteiger partial charge >= 0.3 is 5.97 Å². The number of ether oxygens (including phenoxy) is 1. The van der Waals surface area contributed by atoms with E-state index in [1.807, 2.05) is 13.0 Å². The Kier molecular flexibility index (Phi) is 5.59. The van der Waals surface area contributed by atoms with Crippen LogP contribution in [0.5, 0.6) is 0 Å². The molecule has 116 valence electrons. The molecule has 1 aliphatic heterocycles. The summed E-state index contributed by atoms with van der Waals surface area (Å²) in [7, 11) is 1.44. The van der Waals surface area contributed by atoms with E-state index in [9.17, 15) is 4.79 Å². The third-order valence-corrected chi connectivity index (χ3v) is 4.23. The Morgan fingerprint density at radius 1 is 1.38 bits per heavy atom. The van der Waals surface area contributed by atoms with Crippen molar-refractivity contribution < 1.29 is 9.53 Å². The first-order valence-corrected chi connectivity index (χ1v) is 7.88. The molecule has 4 heteroatoms. The lowest BCUT2D eigenvalue weighted by atomic mass is 9.96. The van der Waals surface area contributed by atoms with Gasteiger partial charge in [0, 0.05) is 12.2 Å². The molecule has 0 aliphatic carbocycles. The van der Waals surface area contributed by atoms with E-state index in [0.717, 1.165) is 48.8 Å². The molecule has 0 N–H and O–H groups in total. The number of nitrogens with zero attached hydrogens (tertiary/aromatic N) is 2. The summed E-state index contributed by atoms with van der Waals surface area (Å²) >= 11 is 0. The molecule has 2 heterocycles. The van der Waals surface area contributed by atoms with Crippen LogP contribution < -0.4 is 4.90 Å². The van der Waals surface area contributed by atoms with E-state index >= 15 is 0 Å². The molecule has 0 spiro atoms. The number of methoxy groups -OCH3 is 1. The number of anilines is 1. The van der Waals surface area contributed by atoms with Crippen LogP contribution in [0.2, 0.25) is 0 Å². The molecule has 1 aliphatic rings. The molecule has 0 saturated heterocycles. The Balaban J connectivity index is 2.28. The predicted molar refractivity (Wildman–Crippen MR) is 84.5 cm³/mol. The Morgan fingerprint density at radius 2 is 2.19 bits per heavy atom. The molecular weight excluding hydrogens is 264 g/mol. The van der Waals surface area contributed by atoms with E-state index in [-0.39, 0.29) is 5.97 Å². The van der Waals surface area contributed by atoms with Gasteiger partial charge < -0.3 is 9.64 Å². The molecule has 21 heavy (non-hydrogen) atoms. The van der Waals surface area contributed by atoms with Gasteiger partial charge in [-0.05, 0) is 44.2 Å². The second-order valence-corrected chi connectivity index (χ2v) is 6.06. The summed E-state index contributed by atoms with van der Waals surface area (Å²) in [6.07, 6.45) is 5.72. The van der Waals surface area contributed by atoms with Crippen LogP contribution in [0, 0.1) is 12.8 Å². The van der Waals surface area contributed by atoms with Crippen molar-refractivity contribution in [3.05, 3.63) is 23.5 Å². The summed E-state index contributed by atoms with van der Waals surface area (Å²) in [6.45, 7) is 5.54. The molecule has 2 rings (SSSR count). The number of aromatic nitrogens is 1. The molecular formula is C17H26N2O2. The van der Waals surface area contributed by atoms with E-state index < -0.39 is 0 Å². The smallest absolute Gasteiger partial charge is 0.325 e. The maximum absolute atomic E-state index is 11.7. The van der Waals surface area contributed by atoms with Crippen molar-refractivity contribution in [3.63, 3.8) is 0 Å². The lowest BCUT2D eigenvalue weighted by molar-refractivity contribution is -0.138. The fourth-order valence-electron chi connectivity index (χ4n) is 2.90. The minimum absolute atomic E-state index is 0.188. The summed E-state index contributed by atoms with van der Waals surface area (Å²) in [6, 6.07) is 4.13. The van der Waals surface area contributed by atoms with Gasteiger partial charge in [0.15, 0.2) is 0 Å². The number of rotatable bonds is 2. The highest BCUT2D eigenvalue weighted by Crippen LogP contribution is 2.26. The normalized spacial score (nSPS) is 19.8. The number of hydrogen-bond donors (Lipinski definition) is 0. The molecule has 0 aromatic carbocycles. The van der Waals surface area contributed by atoms with Gasteiger partial charge in [-0.2, -0.15) is 0 Å². The minimum Gasteiger partial charge on any atom is -0.468 e. The SMILES string of the molecule is COC(=O)CN1CCCCC(C)CCc2nc(C)ccc21. The van der Waals surface area contributed by atoms with E-state index in [1.165, 1.54) is 20.0 Å². The first-order valence-electron chi connectivity index (χ1n) is 7.88. The Hall–Kier alpha value is -1.58. The maximum Gasteiger partial charge on any atom is 0.325 e. The first kappa shape index (κ1) is 15.8. The van der Waals surface area contributed by atoms with Crippen molar-refractivity contribution in [1.29, 1.82) is 0 Å². The van der Waals surface area contributed by atoms with Crippen LogP contribution in [-0.4, -0.2) is 31.2 Å². The summed E-state index contributed by atoms with van der Waals surface area (Å²) in [4.78, 5) is 18.5. The third-order valence-electron chi connectivity index (χ3n) is 4.23. The number of fused-ring (bicyclic) bond motifs is 1. The fraction of sp³-hybridized carbons (Fsp3) is 0.647. The van der Waals surface area contributed by atoms with Gasteiger partial charge in [-0.1, -0.05) is 19.8 Å². The Morgan fingerprint density at radius 3 is 2.95 bits per heavy atom. The van der Waals surface area contributed by atoms with Crippen molar-refractivity contribution in [1.82, 2.24) is 4.98 Å². The Labute approximate surface area is 127 Å². The van der Waals surface area contributed by atoms with Crippen LogP contribution in [0.4, 0.5) is 5.69 Å². The molecule has 4 nitrogen and oxygen atoms in total. The molecule has 1 unspecified atom stereocenters. The predicted octanol–water partition coefficient (Wildman–Crippen LogP) is 3.12. The quantitative estimate of drug-likeness (QED) is 0.785. The van der Waals surface area contributed by atoms with Crippen LogP contribution in [0.3, 0.4) is 0 Å². The number of carbonyl (C=O) groups is 1. The average molecular weight is 290 g/mol. The zero-order chi connectivity index (χ0) is 15.2. The number of carbonyl (C=O) groups excluding carboxylic acids is 1. The molecule has 0 fully saturated rings. The van der Waals surface area contributed by atoms with Crippen LogP contribution in [-0.2, 0) is 16.0 Å². The van der Waals surface area contributed by atoms with Gasteiger partial charge in [0.2, 0.25) is 0 Å². The molecule has 1 aromatic heterocycles. The molecule has 0 saturated carbocycles. The van der Waals surface area contributed by atoms with Gasteiger partial charge in [0.1, 0.15) is 6.54 Å². The van der Waals surface area contributed by atoms with Crippen LogP contribution in [0.1, 0.15) is 44.0 Å². The summed E-state index contributed by atoms with van der Waals surface area (Å²) in [5.41, 5.74) is 3.25. The zero-order valence-corrected chi connectivity index (χ0v) is 13.4. The highest BCUT2D eigenvalue weighted by Gasteiger charge is 2.18. The summed E-state index contributed by atoms with van der Waals surface area (Å²) < 4.78 is 4.84. The number of hydrogen-bond acceptors (Lipinski definition) is 4. The molecule has 0 radical (unpaired) electrons. The van der Waals surface area contributed by atoms with E-state index in [0.29, 0.717) is 6.54 Å². The standard InChI is InChI=1S/C17H26N2O2/c1-13-6-4-5-11-19(12-17(20)21-3)16-10-8-14(2)18-15(16)9-7-13/h8,10,13H,4-7,9,11-12H2,1-3H3. The van der Waals surface area contributed by atoms with Crippen molar-refractivity contribution in [2.45, 2.75) is 46.0 Å². The summed E-state index contributed by atoms with van der Waals surface area (Å²) in [5, 5.41) is 0. The first-order chi connectivity index (χ1) is 10.1. The van der Waals surface area contributed by atoms with Crippen LogP contribution >= 0.6 is 0 Å². The molecule has 1 atom stereocenters. The van der Waals surface area contributed by atoms with Gasteiger partial charge in [0.05, 0.1) is 18.5 Å². The number of pyridine rings is 1. The topological polar surface area (TPSA) is 42.4 Å². The number of esters is 1. The zero-order valence-electron chi connectivity index (χ0n) is 13.4. The van der Waals surface area contributed by atoms with Crippen LogP contribution in [0.15, 0.2) is 12.1 Å². The highest BCUT2D eigenvalue weighted by molar-refractivity contribution is 5.76. The van der Waals surface area contributed by atoms with E-state index in [2.05, 4.69) is 17.9 Å². The van der Waals surface area contributed by atoms with Crippen molar-refractivity contribution in [2.75, 3.05) is 25.1 Å². The highest BCUT2D eigenvalue weighted by atomic mass is 16.5. The van der Waals surface area contributed by atoms with Crippen molar-refractivity contribution >= 4 is 11.7 Å². The largest absolute Gasteiger partial charge is 0.468 e. The fourth-order valence-corrected chi connectivity index (χ4v) is 2.90. The van der Waals surface area contributed by atoms with Crippen molar-refractivity contribution in [2.24, 2.45) is 5.92 Å². The second kappa shape index (κ2) is 7.43. The van der Waals surface area contributed by atoms with Gasteiger partial charge in [-0.25, -0.2) is 0 Å². The van der Waals surface area contributed by atoms with Gasteiger partial charge in [-0.15, -0.1) is 0 Å². The average Bonchev–Trinajstić information content (AvgIpc) is 2.48. The Bertz CT molecular complexity index is 488. The lowest BCUT2D eigenvalue weighted by Crippen LogP contribution is -2.33. The van der Waals surface area contributed by atoms with E-state index in [4.69, 9.17) is 9.72 Å². The van der Waals surface area contributed by atoms with Crippen molar-refractivity contribution in [3.8, 4) is 0 Å². The summed E-state index contributed by atoms with van der Waals surface area (Å²) in [5.74, 6) is 0.555. The van der Waals surface area contributed by atoms with Gasteiger partial charge in [0.25, 0.3) is 0 Å². The molecule has 0 bridgehead atoms. The number of aryl methyl sites for hydroxylation is 2.